The van der Waals surface area contributed by atoms with Gasteiger partial charge in [0.2, 0.25) is 0 Å². The number of hydrogen-bond acceptors (Lipinski definition) is 5. The van der Waals surface area contributed by atoms with Gasteiger partial charge in [-0.2, -0.15) is 0 Å². The van der Waals surface area contributed by atoms with E-state index in [4.69, 9.17) is 20.7 Å². The highest BCUT2D eigenvalue weighted by Gasteiger charge is 2.22. The van der Waals surface area contributed by atoms with Crippen molar-refractivity contribution in [1.29, 1.82) is 0 Å². The molecule has 0 heterocycles. The predicted molar refractivity (Wildman–Crippen MR) is 55.3 cm³/mol. The lowest BCUT2D eigenvalue weighted by Gasteiger charge is -2.27. The Labute approximate surface area is 88.9 Å². The molecular formula is C9H18N2O4. The fourth-order valence-corrected chi connectivity index (χ4v) is 1.03. The Morgan fingerprint density at radius 1 is 1.53 bits per heavy atom. The monoisotopic (exact) mass is 218 g/mol. The molecule has 0 aromatic rings. The molecule has 0 atom stereocenters. The highest BCUT2D eigenvalue weighted by atomic mass is 16.6. The Kier molecular flexibility index (Phi) is 7.61. The molecule has 0 aromatic heterocycles. The minimum absolute atomic E-state index is 0.0868. The van der Waals surface area contributed by atoms with Crippen LogP contribution in [0.4, 0.5) is 4.79 Å². The summed E-state index contributed by atoms with van der Waals surface area (Å²) in [6.45, 7) is 3.28. The normalized spacial score (nSPS) is 10.1. The first-order valence-electron chi connectivity index (χ1n) is 4.67. The number of aliphatic hydroxyl groups is 2. The second-order valence-electron chi connectivity index (χ2n) is 2.87. The number of carbonyl (C=O) groups is 1. The van der Waals surface area contributed by atoms with Gasteiger partial charge < -0.3 is 20.7 Å². The number of amides is 1. The van der Waals surface area contributed by atoms with Crippen LogP contribution >= 0.6 is 0 Å². The molecule has 0 aliphatic carbocycles. The van der Waals surface area contributed by atoms with Crippen molar-refractivity contribution >= 4 is 6.09 Å². The van der Waals surface area contributed by atoms with Crippen LogP contribution < -0.4 is 5.73 Å². The maximum atomic E-state index is 11.4. The van der Waals surface area contributed by atoms with Gasteiger partial charge in [-0.3, -0.25) is 4.90 Å². The minimum atomic E-state index is -0.675. The van der Waals surface area contributed by atoms with Crippen molar-refractivity contribution in [3.8, 4) is 0 Å². The third-order valence-corrected chi connectivity index (χ3v) is 1.79. The first-order chi connectivity index (χ1) is 7.21. The van der Waals surface area contributed by atoms with Gasteiger partial charge in [0.15, 0.2) is 0 Å². The number of nitrogens with zero attached hydrogens (tertiary/aromatic N) is 1. The van der Waals surface area contributed by atoms with Gasteiger partial charge in [-0.25, -0.2) is 4.79 Å². The summed E-state index contributed by atoms with van der Waals surface area (Å²) in [5.41, 5.74) is 5.31. The summed E-state index contributed by atoms with van der Waals surface area (Å²) in [6, 6.07) is -0.675. The predicted octanol–water partition coefficient (Wildman–Crippen LogP) is -1.08. The molecule has 0 aliphatic rings. The zero-order valence-electron chi connectivity index (χ0n) is 8.63. The molecule has 0 bridgehead atoms. The van der Waals surface area contributed by atoms with E-state index in [1.54, 1.807) is 0 Å². The Morgan fingerprint density at radius 2 is 2.13 bits per heavy atom. The van der Waals surface area contributed by atoms with Gasteiger partial charge in [-0.15, -0.1) is 0 Å². The van der Waals surface area contributed by atoms with Gasteiger partial charge in [0.25, 0.3) is 0 Å². The Morgan fingerprint density at radius 3 is 2.53 bits per heavy atom. The van der Waals surface area contributed by atoms with Crippen molar-refractivity contribution in [3.05, 3.63) is 12.7 Å². The molecular weight excluding hydrogens is 200 g/mol. The van der Waals surface area contributed by atoms with Crippen molar-refractivity contribution in [1.82, 2.24) is 4.90 Å². The maximum Gasteiger partial charge on any atom is 0.410 e. The van der Waals surface area contributed by atoms with Crippen LogP contribution in [-0.4, -0.2) is 60.2 Å². The topological polar surface area (TPSA) is 96.0 Å². The summed E-state index contributed by atoms with van der Waals surface area (Å²) in [5.74, 6) is 0. The molecule has 0 aliphatic heterocycles. The quantitative estimate of drug-likeness (QED) is 0.472. The van der Waals surface area contributed by atoms with Gasteiger partial charge in [0.1, 0.15) is 6.61 Å². The van der Waals surface area contributed by atoms with Gasteiger partial charge >= 0.3 is 6.09 Å². The molecule has 15 heavy (non-hydrogen) atoms. The Hall–Kier alpha value is -1.11. The first kappa shape index (κ1) is 13.9. The number of ether oxygens (including phenoxy) is 1. The van der Waals surface area contributed by atoms with Gasteiger partial charge in [-0.05, 0) is 0 Å². The second kappa shape index (κ2) is 8.22. The van der Waals surface area contributed by atoms with E-state index in [1.165, 1.54) is 11.0 Å². The number of aliphatic hydroxyl groups excluding tert-OH is 2. The van der Waals surface area contributed by atoms with Crippen LogP contribution in [0.3, 0.4) is 0 Å². The molecule has 0 fully saturated rings. The van der Waals surface area contributed by atoms with Crippen LogP contribution in [0, 0.1) is 0 Å². The highest BCUT2D eigenvalue weighted by molar-refractivity contribution is 5.68. The largest absolute Gasteiger partial charge is 0.445 e. The van der Waals surface area contributed by atoms with Crippen LogP contribution in [0.2, 0.25) is 0 Å². The van der Waals surface area contributed by atoms with E-state index in [1.807, 2.05) is 0 Å². The molecule has 1 amide bonds. The lowest BCUT2D eigenvalue weighted by molar-refractivity contribution is 0.0538. The summed E-state index contributed by atoms with van der Waals surface area (Å²) in [7, 11) is 0. The molecule has 88 valence electrons. The SMILES string of the molecule is C=CCOC(=O)N(CCN)C(CO)CO. The summed E-state index contributed by atoms with van der Waals surface area (Å²) >= 11 is 0. The molecule has 4 N–H and O–H groups in total. The fourth-order valence-electron chi connectivity index (χ4n) is 1.03. The van der Waals surface area contributed by atoms with Crippen molar-refractivity contribution in [2.45, 2.75) is 6.04 Å². The Balaban J connectivity index is 4.33. The maximum absolute atomic E-state index is 11.4. The summed E-state index contributed by atoms with van der Waals surface area (Å²) in [5, 5.41) is 17.9. The van der Waals surface area contributed by atoms with E-state index < -0.39 is 12.1 Å². The van der Waals surface area contributed by atoms with Crippen LogP contribution in [0.5, 0.6) is 0 Å². The number of nitrogens with two attached hydrogens (primary N) is 1. The van der Waals surface area contributed by atoms with Crippen LogP contribution in [-0.2, 0) is 4.74 Å². The molecule has 0 saturated heterocycles. The second-order valence-corrected chi connectivity index (χ2v) is 2.87. The van der Waals surface area contributed by atoms with E-state index in [-0.39, 0.29) is 32.9 Å². The summed E-state index contributed by atoms with van der Waals surface area (Å²) in [4.78, 5) is 12.6. The first-order valence-corrected chi connectivity index (χ1v) is 4.67. The third-order valence-electron chi connectivity index (χ3n) is 1.79. The molecule has 0 unspecified atom stereocenters. The van der Waals surface area contributed by atoms with E-state index in [9.17, 15) is 4.79 Å². The molecule has 0 aromatic carbocycles. The van der Waals surface area contributed by atoms with Crippen LogP contribution in [0.15, 0.2) is 12.7 Å². The number of carbonyl (C=O) groups excluding carboxylic acids is 1. The molecule has 6 heteroatoms. The molecule has 0 rings (SSSR count). The highest BCUT2D eigenvalue weighted by Crippen LogP contribution is 2.01. The zero-order valence-corrected chi connectivity index (χ0v) is 8.63. The minimum Gasteiger partial charge on any atom is -0.445 e. The van der Waals surface area contributed by atoms with Crippen LogP contribution in [0.25, 0.3) is 0 Å². The van der Waals surface area contributed by atoms with Gasteiger partial charge in [0.05, 0.1) is 19.3 Å². The summed E-state index contributed by atoms with van der Waals surface area (Å²) < 4.78 is 4.78. The molecule has 0 spiro atoms. The summed E-state index contributed by atoms with van der Waals surface area (Å²) in [6.07, 6.45) is 0.819. The fraction of sp³-hybridized carbons (Fsp3) is 0.667. The third kappa shape index (κ3) is 4.78. The average Bonchev–Trinajstić information content (AvgIpc) is 2.26. The van der Waals surface area contributed by atoms with E-state index in [0.717, 1.165) is 0 Å². The van der Waals surface area contributed by atoms with E-state index >= 15 is 0 Å². The molecule has 6 nitrogen and oxygen atoms in total. The molecule has 0 radical (unpaired) electrons. The Bertz CT molecular complexity index is 195. The zero-order chi connectivity index (χ0) is 11.7. The van der Waals surface area contributed by atoms with E-state index in [2.05, 4.69) is 6.58 Å². The number of rotatable bonds is 7. The average molecular weight is 218 g/mol. The number of hydrogen-bond donors (Lipinski definition) is 3. The van der Waals surface area contributed by atoms with E-state index in [0.29, 0.717) is 0 Å². The standard InChI is InChI=1S/C9H18N2O4/c1-2-5-15-9(14)11(4-3-10)8(6-12)7-13/h2,8,12-13H,1,3-7,10H2. The van der Waals surface area contributed by atoms with Crippen LogP contribution in [0.1, 0.15) is 0 Å². The smallest absolute Gasteiger partial charge is 0.410 e. The van der Waals surface area contributed by atoms with Gasteiger partial charge in [0, 0.05) is 13.1 Å². The lowest BCUT2D eigenvalue weighted by Crippen LogP contribution is -2.47. The van der Waals surface area contributed by atoms with Crippen molar-refractivity contribution in [3.63, 3.8) is 0 Å². The van der Waals surface area contributed by atoms with Crippen molar-refractivity contribution in [2.75, 3.05) is 32.9 Å². The van der Waals surface area contributed by atoms with Crippen molar-refractivity contribution < 1.29 is 19.7 Å². The lowest BCUT2D eigenvalue weighted by atomic mass is 10.3. The van der Waals surface area contributed by atoms with Crippen molar-refractivity contribution in [2.24, 2.45) is 5.73 Å². The molecule has 0 saturated carbocycles. The van der Waals surface area contributed by atoms with Gasteiger partial charge in [-0.1, -0.05) is 12.7 Å².